The van der Waals surface area contributed by atoms with Crippen LogP contribution >= 0.6 is 0 Å². The van der Waals surface area contributed by atoms with Gasteiger partial charge in [-0.3, -0.25) is 9.59 Å². The summed E-state index contributed by atoms with van der Waals surface area (Å²) in [6.07, 6.45) is 61.8. The maximum absolute atomic E-state index is 13.5. The molecule has 0 radical (unpaired) electrons. The molecule has 2 amide bonds. The third kappa shape index (κ3) is 58.3. The first-order chi connectivity index (χ1) is 40.0. The lowest BCUT2D eigenvalue weighted by Gasteiger charge is -2.25. The van der Waals surface area contributed by atoms with Gasteiger partial charge in [0.2, 0.25) is 11.8 Å². The Morgan fingerprint density at radius 1 is 0.309 bits per heavy atom. The lowest BCUT2D eigenvalue weighted by molar-refractivity contribution is -0.126. The van der Waals surface area contributed by atoms with Crippen LogP contribution in [-0.2, 0) is 9.59 Å². The van der Waals surface area contributed by atoms with Gasteiger partial charge in [0.15, 0.2) is 0 Å². The zero-order valence-corrected chi connectivity index (χ0v) is 54.2. The molecule has 12 N–H and O–H groups in total. The zero-order valence-electron chi connectivity index (χ0n) is 54.2. The highest BCUT2D eigenvalue weighted by Gasteiger charge is 2.19. The van der Waals surface area contributed by atoms with Crippen molar-refractivity contribution in [2.75, 3.05) is 105 Å². The monoisotopic (exact) mass is 1140 g/mol. The Morgan fingerprint density at radius 2 is 0.605 bits per heavy atom. The third-order valence-electron chi connectivity index (χ3n) is 16.5. The van der Waals surface area contributed by atoms with Crippen molar-refractivity contribution < 1.29 is 9.59 Å². The maximum atomic E-state index is 13.5. The molecule has 0 aromatic heterocycles. The van der Waals surface area contributed by atoms with Crippen LogP contribution in [0.5, 0.6) is 0 Å². The van der Waals surface area contributed by atoms with E-state index in [1.54, 1.807) is 0 Å². The summed E-state index contributed by atoms with van der Waals surface area (Å²) in [5, 5.41) is 13.7. The van der Waals surface area contributed by atoms with Gasteiger partial charge in [-0.05, 0) is 239 Å². The summed E-state index contributed by atoms with van der Waals surface area (Å²) < 4.78 is 0. The van der Waals surface area contributed by atoms with E-state index in [-0.39, 0.29) is 23.7 Å². The first-order valence-electron chi connectivity index (χ1n) is 35.5. The van der Waals surface area contributed by atoms with Crippen LogP contribution in [0.2, 0.25) is 0 Å². The van der Waals surface area contributed by atoms with Crippen molar-refractivity contribution >= 4 is 11.8 Å². The molecule has 0 saturated heterocycles. The Morgan fingerprint density at radius 3 is 0.988 bits per heavy atom. The fourth-order valence-corrected chi connectivity index (χ4v) is 11.2. The summed E-state index contributed by atoms with van der Waals surface area (Å²) in [5.41, 5.74) is 23.1. The number of nitrogens with two attached hydrogens (primary N) is 4. The minimum absolute atomic E-state index is 0.0307. The second-order valence-electron chi connectivity index (χ2n) is 24.2. The average Bonchev–Trinajstić information content (AvgIpc) is 3.47. The van der Waals surface area contributed by atoms with Crippen molar-refractivity contribution in [1.29, 1.82) is 0 Å². The lowest BCUT2D eigenvalue weighted by Crippen LogP contribution is -2.36. The van der Waals surface area contributed by atoms with Gasteiger partial charge < -0.3 is 54.0 Å². The summed E-state index contributed by atoms with van der Waals surface area (Å²) in [6.45, 7) is 19.0. The second kappa shape index (κ2) is 67.2. The molecule has 0 saturated carbocycles. The van der Waals surface area contributed by atoms with Gasteiger partial charge in [0.05, 0.1) is 0 Å². The van der Waals surface area contributed by atoms with Gasteiger partial charge in [-0.1, -0.05) is 167 Å². The smallest absolute Gasteiger partial charge is 0.223 e. The number of amides is 2. The fourth-order valence-electron chi connectivity index (χ4n) is 11.2. The molecule has 480 valence electrons. The fraction of sp³-hybridized carbons (Fsp3) is 0.913. The molecule has 0 aliphatic carbocycles. The minimum atomic E-state index is 0.0307. The van der Waals surface area contributed by atoms with E-state index in [1.807, 2.05) is 0 Å². The van der Waals surface area contributed by atoms with Gasteiger partial charge >= 0.3 is 0 Å². The first kappa shape index (κ1) is 79.1. The van der Waals surface area contributed by atoms with Gasteiger partial charge in [0.1, 0.15) is 0 Å². The molecule has 0 bridgehead atoms. The molecular weight excluding hydrogens is 1000 g/mol. The Hall–Kier alpha value is -1.90. The Kier molecular flexibility index (Phi) is 65.7. The van der Waals surface area contributed by atoms with E-state index < -0.39 is 0 Å². The van der Waals surface area contributed by atoms with Crippen LogP contribution in [0, 0.1) is 11.8 Å². The Labute approximate surface area is 504 Å². The molecule has 0 heterocycles. The normalized spacial score (nSPS) is 12.7. The number of unbranched alkanes of at least 4 members (excludes halogenated alkanes) is 27. The molecular formula is C69H142N10O2. The van der Waals surface area contributed by atoms with Crippen molar-refractivity contribution in [1.82, 2.24) is 31.1 Å². The number of hydrogen-bond acceptors (Lipinski definition) is 10. The minimum Gasteiger partial charge on any atom is -0.356 e. The number of nitrogens with one attached hydrogen (secondary N) is 4. The van der Waals surface area contributed by atoms with Crippen LogP contribution in [-0.4, -0.2) is 126 Å². The highest BCUT2D eigenvalue weighted by molar-refractivity contribution is 5.79. The van der Waals surface area contributed by atoms with E-state index in [9.17, 15) is 9.59 Å². The SMILES string of the molecule is CCCCCCCCC=CCCCCCCCCN(CCCCN(CCCCCCCCC=CCCCCCCCC)CCCNC(=O)C(CCCCN)CCNCCCN)CCCNC(=O)C(CCCCN)CCCNCCCN. The van der Waals surface area contributed by atoms with Crippen molar-refractivity contribution in [2.45, 2.75) is 290 Å². The Balaban J connectivity index is 5.44. The van der Waals surface area contributed by atoms with E-state index in [1.165, 1.54) is 193 Å². The molecule has 2 atom stereocenters. The van der Waals surface area contributed by atoms with Gasteiger partial charge in [0, 0.05) is 24.9 Å². The first-order valence-corrected chi connectivity index (χ1v) is 35.5. The molecule has 0 rings (SSSR count). The summed E-state index contributed by atoms with van der Waals surface area (Å²) >= 11 is 0. The average molecular weight is 1140 g/mol. The topological polar surface area (TPSA) is 193 Å². The lowest BCUT2D eigenvalue weighted by atomic mass is 9.95. The van der Waals surface area contributed by atoms with E-state index >= 15 is 0 Å². The van der Waals surface area contributed by atoms with Gasteiger partial charge in [-0.2, -0.15) is 0 Å². The summed E-state index contributed by atoms with van der Waals surface area (Å²) in [4.78, 5) is 32.4. The Bertz CT molecular complexity index is 1320. The quantitative estimate of drug-likeness (QED) is 0.0215. The number of allylic oxidation sites excluding steroid dienone is 4. The molecule has 0 aromatic carbocycles. The van der Waals surface area contributed by atoms with Crippen molar-refractivity contribution in [3.8, 4) is 0 Å². The molecule has 0 spiro atoms. The van der Waals surface area contributed by atoms with Crippen LogP contribution < -0.4 is 44.2 Å². The highest BCUT2D eigenvalue weighted by Crippen LogP contribution is 2.17. The third-order valence-corrected chi connectivity index (χ3v) is 16.5. The number of carbonyl (C=O) groups is 2. The van der Waals surface area contributed by atoms with Crippen molar-refractivity contribution in [2.24, 2.45) is 34.8 Å². The predicted octanol–water partition coefficient (Wildman–Crippen LogP) is 14.0. The van der Waals surface area contributed by atoms with Gasteiger partial charge in [-0.15, -0.1) is 0 Å². The molecule has 0 aliphatic rings. The number of rotatable bonds is 68. The molecule has 0 aromatic rings. The zero-order chi connectivity index (χ0) is 58.8. The molecule has 0 fully saturated rings. The molecule has 2 unspecified atom stereocenters. The number of nitrogens with zero attached hydrogens (tertiary/aromatic N) is 2. The second-order valence-corrected chi connectivity index (χ2v) is 24.2. The predicted molar refractivity (Wildman–Crippen MR) is 356 cm³/mol. The summed E-state index contributed by atoms with van der Waals surface area (Å²) in [6, 6.07) is 0. The largest absolute Gasteiger partial charge is 0.356 e. The highest BCUT2D eigenvalue weighted by atomic mass is 16.2. The standard InChI is InChI=1S/C69H142N10O2/c1-3-5-7-9-11-13-15-17-19-21-23-25-27-29-31-37-60-78(64-44-57-76-68(80)66(46-33-35-50-70)48-41-54-74-55-42-52-72)62-39-40-63-79(61-38-32-30-28-26-24-22-20-18-16-14-12-10-8-6-4-2)65-45-58-77-69(81)67(47-34-36-51-71)49-59-75-56-43-53-73/h17-20,66-67,74-75H,3-16,21-65,70-73H2,1-2H3,(H,76,80)(H,77,81). The number of carbonyl (C=O) groups excluding carboxylic acids is 2. The van der Waals surface area contributed by atoms with Gasteiger partial charge in [-0.25, -0.2) is 0 Å². The van der Waals surface area contributed by atoms with Gasteiger partial charge in [0.25, 0.3) is 0 Å². The summed E-state index contributed by atoms with van der Waals surface area (Å²) in [5.74, 6) is 0.523. The maximum Gasteiger partial charge on any atom is 0.223 e. The van der Waals surface area contributed by atoms with E-state index in [0.29, 0.717) is 26.2 Å². The van der Waals surface area contributed by atoms with Crippen molar-refractivity contribution in [3.63, 3.8) is 0 Å². The van der Waals surface area contributed by atoms with E-state index in [4.69, 9.17) is 22.9 Å². The number of hydrogen-bond donors (Lipinski definition) is 8. The van der Waals surface area contributed by atoms with Crippen LogP contribution in [0.15, 0.2) is 24.3 Å². The molecule has 12 nitrogen and oxygen atoms in total. The molecule has 81 heavy (non-hydrogen) atoms. The van der Waals surface area contributed by atoms with Crippen LogP contribution in [0.25, 0.3) is 0 Å². The van der Waals surface area contributed by atoms with E-state index in [2.05, 4.69) is 69.2 Å². The van der Waals surface area contributed by atoms with Crippen LogP contribution in [0.1, 0.15) is 290 Å². The van der Waals surface area contributed by atoms with Crippen LogP contribution in [0.3, 0.4) is 0 Å². The summed E-state index contributed by atoms with van der Waals surface area (Å²) in [7, 11) is 0. The van der Waals surface area contributed by atoms with Crippen molar-refractivity contribution in [3.05, 3.63) is 24.3 Å². The molecule has 0 aliphatic heterocycles. The van der Waals surface area contributed by atoms with Crippen LogP contribution in [0.4, 0.5) is 0 Å². The van der Waals surface area contributed by atoms with E-state index in [0.717, 1.165) is 162 Å². The molecule has 12 heteroatoms.